The van der Waals surface area contributed by atoms with E-state index in [1.54, 1.807) is 23.5 Å². The van der Waals surface area contributed by atoms with Crippen LogP contribution in [-0.4, -0.2) is 23.7 Å². The van der Waals surface area contributed by atoms with Crippen LogP contribution >= 0.6 is 23.5 Å². The SMILES string of the molecule is CCc1ccc(NC(=O)OC(CSC2=CCCC=C2)CSC2=CCCC=C2)cc1. The maximum absolute atomic E-state index is 12.5. The summed E-state index contributed by atoms with van der Waals surface area (Å²) in [5.74, 6) is 1.50. The van der Waals surface area contributed by atoms with Gasteiger partial charge in [0.25, 0.3) is 0 Å². The Bertz CT molecular complexity index is 758. The molecule has 29 heavy (non-hydrogen) atoms. The molecule has 0 spiro atoms. The molecule has 1 amide bonds. The van der Waals surface area contributed by atoms with E-state index in [0.717, 1.165) is 49.3 Å². The number of rotatable bonds is 9. The molecule has 1 aromatic rings. The highest BCUT2D eigenvalue weighted by Crippen LogP contribution is 2.28. The molecule has 1 N–H and O–H groups in total. The highest BCUT2D eigenvalue weighted by Gasteiger charge is 2.17. The zero-order valence-electron chi connectivity index (χ0n) is 16.9. The molecule has 0 saturated carbocycles. The normalized spacial score (nSPS) is 15.8. The van der Waals surface area contributed by atoms with Crippen molar-refractivity contribution in [2.45, 2.75) is 45.1 Å². The topological polar surface area (TPSA) is 38.3 Å². The molecule has 0 saturated heterocycles. The van der Waals surface area contributed by atoms with Gasteiger partial charge in [-0.15, -0.1) is 23.5 Å². The van der Waals surface area contributed by atoms with E-state index >= 15 is 0 Å². The van der Waals surface area contributed by atoms with Crippen molar-refractivity contribution in [1.82, 2.24) is 0 Å². The standard InChI is InChI=1S/C24H29NO2S2/c1-2-19-13-15-20(16-14-19)25-24(26)27-21(17-28-22-9-5-3-6-10-22)18-29-23-11-7-4-8-12-23/h5,7,9-16,21H,2-4,6,8,17-18H2,1H3,(H,25,26). The van der Waals surface area contributed by atoms with Crippen LogP contribution in [0.3, 0.4) is 0 Å². The number of aryl methyl sites for hydroxylation is 1. The van der Waals surface area contributed by atoms with Crippen LogP contribution in [-0.2, 0) is 11.2 Å². The van der Waals surface area contributed by atoms with E-state index < -0.39 is 0 Å². The molecule has 0 radical (unpaired) electrons. The van der Waals surface area contributed by atoms with Crippen molar-refractivity contribution in [3.8, 4) is 0 Å². The summed E-state index contributed by atoms with van der Waals surface area (Å²) >= 11 is 3.53. The summed E-state index contributed by atoms with van der Waals surface area (Å²) in [5.41, 5.74) is 2.01. The van der Waals surface area contributed by atoms with Gasteiger partial charge in [0.05, 0.1) is 0 Å². The van der Waals surface area contributed by atoms with Crippen LogP contribution in [0.25, 0.3) is 0 Å². The quantitative estimate of drug-likeness (QED) is 0.456. The lowest BCUT2D eigenvalue weighted by molar-refractivity contribution is 0.134. The number of hydrogen-bond acceptors (Lipinski definition) is 4. The summed E-state index contributed by atoms with van der Waals surface area (Å²) in [6.07, 6.45) is 18.1. The number of nitrogens with one attached hydrogen (secondary N) is 1. The Morgan fingerprint density at radius 2 is 1.55 bits per heavy atom. The van der Waals surface area contributed by atoms with Gasteiger partial charge >= 0.3 is 6.09 Å². The van der Waals surface area contributed by atoms with Crippen LogP contribution < -0.4 is 5.32 Å². The van der Waals surface area contributed by atoms with Crippen LogP contribution in [0.2, 0.25) is 0 Å². The number of amides is 1. The Balaban J connectivity index is 1.55. The smallest absolute Gasteiger partial charge is 0.411 e. The molecule has 154 valence electrons. The number of ether oxygens (including phenoxy) is 1. The van der Waals surface area contributed by atoms with Crippen molar-refractivity contribution in [3.05, 3.63) is 76.1 Å². The molecule has 0 bridgehead atoms. The maximum Gasteiger partial charge on any atom is 0.411 e. The molecular formula is C24H29NO2S2. The van der Waals surface area contributed by atoms with Crippen molar-refractivity contribution in [2.75, 3.05) is 16.8 Å². The molecule has 5 heteroatoms. The Hall–Kier alpha value is -1.85. The van der Waals surface area contributed by atoms with Crippen molar-refractivity contribution in [3.63, 3.8) is 0 Å². The van der Waals surface area contributed by atoms with Crippen molar-refractivity contribution < 1.29 is 9.53 Å². The molecule has 2 aliphatic carbocycles. The fourth-order valence-corrected chi connectivity index (χ4v) is 5.14. The van der Waals surface area contributed by atoms with Crippen LogP contribution in [0.4, 0.5) is 10.5 Å². The number of carbonyl (C=O) groups excluding carboxylic acids is 1. The van der Waals surface area contributed by atoms with E-state index in [0.29, 0.717) is 0 Å². The first kappa shape index (κ1) is 21.8. The van der Waals surface area contributed by atoms with Gasteiger partial charge in [0.15, 0.2) is 0 Å². The minimum absolute atomic E-state index is 0.160. The van der Waals surface area contributed by atoms with Gasteiger partial charge in [0, 0.05) is 27.0 Å². The van der Waals surface area contributed by atoms with Crippen molar-refractivity contribution >= 4 is 35.3 Å². The predicted molar refractivity (Wildman–Crippen MR) is 128 cm³/mol. The number of benzene rings is 1. The third-order valence-corrected chi connectivity index (χ3v) is 7.03. The second kappa shape index (κ2) is 12.0. The average Bonchev–Trinajstić information content (AvgIpc) is 2.77. The molecule has 3 nitrogen and oxygen atoms in total. The van der Waals surface area contributed by atoms with Gasteiger partial charge in [0.1, 0.15) is 6.10 Å². The lowest BCUT2D eigenvalue weighted by atomic mass is 10.1. The van der Waals surface area contributed by atoms with Crippen molar-refractivity contribution in [2.24, 2.45) is 0 Å². The van der Waals surface area contributed by atoms with Crippen LogP contribution in [0.1, 0.15) is 38.2 Å². The summed E-state index contributed by atoms with van der Waals surface area (Å²) in [5, 5.41) is 2.86. The minimum Gasteiger partial charge on any atom is -0.444 e. The number of allylic oxidation sites excluding steroid dienone is 6. The highest BCUT2D eigenvalue weighted by molar-refractivity contribution is 8.04. The highest BCUT2D eigenvalue weighted by atomic mass is 32.2. The number of carbonyl (C=O) groups is 1. The fourth-order valence-electron chi connectivity index (χ4n) is 3.01. The van der Waals surface area contributed by atoms with Gasteiger partial charge in [-0.2, -0.15) is 0 Å². The van der Waals surface area contributed by atoms with E-state index in [2.05, 4.69) is 48.7 Å². The molecule has 3 rings (SSSR count). The fraction of sp³-hybridized carbons (Fsp3) is 0.375. The Kier molecular flexibility index (Phi) is 9.03. The van der Waals surface area contributed by atoms with E-state index in [9.17, 15) is 4.79 Å². The Morgan fingerprint density at radius 1 is 0.966 bits per heavy atom. The van der Waals surface area contributed by atoms with Gasteiger partial charge in [0.2, 0.25) is 0 Å². The van der Waals surface area contributed by atoms with E-state index in [-0.39, 0.29) is 12.2 Å². The van der Waals surface area contributed by atoms with Gasteiger partial charge in [-0.25, -0.2) is 4.79 Å². The second-order valence-electron chi connectivity index (χ2n) is 7.00. The monoisotopic (exact) mass is 427 g/mol. The first-order chi connectivity index (χ1) is 14.2. The summed E-state index contributed by atoms with van der Waals surface area (Å²) < 4.78 is 5.80. The Morgan fingerprint density at radius 3 is 2.03 bits per heavy atom. The van der Waals surface area contributed by atoms with E-state index in [1.165, 1.54) is 15.4 Å². The molecular weight excluding hydrogens is 398 g/mol. The second-order valence-corrected chi connectivity index (χ2v) is 9.18. The summed E-state index contributed by atoms with van der Waals surface area (Å²) in [6.45, 7) is 2.12. The average molecular weight is 428 g/mol. The van der Waals surface area contributed by atoms with Gasteiger partial charge in [-0.1, -0.05) is 55.5 Å². The van der Waals surface area contributed by atoms with Crippen molar-refractivity contribution in [1.29, 1.82) is 0 Å². The summed E-state index contributed by atoms with van der Waals surface area (Å²) in [4.78, 5) is 15.0. The molecule has 1 aromatic carbocycles. The van der Waals surface area contributed by atoms with Gasteiger partial charge in [-0.05, 0) is 49.8 Å². The Labute approximate surface area is 182 Å². The van der Waals surface area contributed by atoms with Crippen LogP contribution in [0.5, 0.6) is 0 Å². The number of anilines is 1. The summed E-state index contributed by atoms with van der Waals surface area (Å²) in [6, 6.07) is 7.91. The molecule has 0 unspecified atom stereocenters. The zero-order valence-corrected chi connectivity index (χ0v) is 18.6. The molecule has 2 aliphatic rings. The summed E-state index contributed by atoms with van der Waals surface area (Å²) in [7, 11) is 0. The molecule has 0 atom stereocenters. The van der Waals surface area contributed by atoms with Crippen LogP contribution in [0, 0.1) is 0 Å². The zero-order chi connectivity index (χ0) is 20.3. The number of thioether (sulfide) groups is 2. The predicted octanol–water partition coefficient (Wildman–Crippen LogP) is 7.10. The van der Waals surface area contributed by atoms with Gasteiger partial charge in [-0.3, -0.25) is 5.32 Å². The first-order valence-electron chi connectivity index (χ1n) is 10.3. The molecule has 0 aromatic heterocycles. The molecule has 0 aliphatic heterocycles. The third kappa shape index (κ3) is 7.82. The van der Waals surface area contributed by atoms with E-state index in [1.807, 2.05) is 24.3 Å². The minimum atomic E-state index is -0.387. The molecule has 0 fully saturated rings. The molecule has 0 heterocycles. The largest absolute Gasteiger partial charge is 0.444 e. The lowest BCUT2D eigenvalue weighted by Crippen LogP contribution is -2.26. The van der Waals surface area contributed by atoms with Crippen LogP contribution in [0.15, 0.2) is 70.5 Å². The lowest BCUT2D eigenvalue weighted by Gasteiger charge is -2.19. The van der Waals surface area contributed by atoms with Gasteiger partial charge < -0.3 is 4.74 Å². The number of hydrogen-bond donors (Lipinski definition) is 1. The maximum atomic E-state index is 12.5. The third-order valence-electron chi connectivity index (χ3n) is 4.68. The van der Waals surface area contributed by atoms with E-state index in [4.69, 9.17) is 4.74 Å². The first-order valence-corrected chi connectivity index (χ1v) is 12.3.